The summed E-state index contributed by atoms with van der Waals surface area (Å²) in [6, 6.07) is 11.6. The van der Waals surface area contributed by atoms with Gasteiger partial charge in [0, 0.05) is 18.2 Å². The number of amides is 2. The van der Waals surface area contributed by atoms with Crippen LogP contribution < -0.4 is 10.6 Å². The number of fused-ring (bicyclic) bond motifs is 1. The predicted octanol–water partition coefficient (Wildman–Crippen LogP) is 3.15. The lowest BCUT2D eigenvalue weighted by atomic mass is 9.83. The molecule has 4 nitrogen and oxygen atoms in total. The summed E-state index contributed by atoms with van der Waals surface area (Å²) in [4.78, 5) is 26.7. The van der Waals surface area contributed by atoms with Crippen molar-refractivity contribution in [3.05, 3.63) is 52.2 Å². The Kier molecular flexibility index (Phi) is 3.98. The van der Waals surface area contributed by atoms with E-state index in [1.807, 2.05) is 53.6 Å². The molecule has 1 aromatic heterocycles. The van der Waals surface area contributed by atoms with E-state index in [1.54, 1.807) is 0 Å². The highest BCUT2D eigenvalue weighted by molar-refractivity contribution is 7.12. The van der Waals surface area contributed by atoms with Crippen LogP contribution in [0.3, 0.4) is 0 Å². The molecule has 2 unspecified atom stereocenters. The summed E-state index contributed by atoms with van der Waals surface area (Å²) in [7, 11) is 0. The number of para-hydroxylation sites is 1. The van der Waals surface area contributed by atoms with Gasteiger partial charge in [-0.1, -0.05) is 24.3 Å². The molecule has 1 aromatic carbocycles. The Labute approximate surface area is 133 Å². The van der Waals surface area contributed by atoms with Crippen molar-refractivity contribution in [2.45, 2.75) is 31.7 Å². The summed E-state index contributed by atoms with van der Waals surface area (Å²) >= 11 is 1.45. The predicted molar refractivity (Wildman–Crippen MR) is 88.2 cm³/mol. The molecular weight excluding hydrogens is 296 g/mol. The number of benzene rings is 1. The Morgan fingerprint density at radius 1 is 1.27 bits per heavy atom. The summed E-state index contributed by atoms with van der Waals surface area (Å²) in [5.41, 5.74) is 7.31. The molecule has 0 saturated carbocycles. The molecule has 2 N–H and O–H groups in total. The fourth-order valence-electron chi connectivity index (χ4n) is 3.20. The first-order valence-electron chi connectivity index (χ1n) is 7.32. The molecule has 0 aliphatic carbocycles. The number of nitrogens with two attached hydrogens (primary N) is 1. The maximum absolute atomic E-state index is 12.8. The van der Waals surface area contributed by atoms with Gasteiger partial charge in [0.2, 0.25) is 5.91 Å². The number of nitrogens with zero attached hydrogens (tertiary/aromatic N) is 1. The third-order valence-electron chi connectivity index (χ3n) is 4.10. The molecule has 114 valence electrons. The summed E-state index contributed by atoms with van der Waals surface area (Å²) in [6.07, 6.45) is 1.07. The first-order chi connectivity index (χ1) is 10.6. The van der Waals surface area contributed by atoms with Crippen molar-refractivity contribution in [1.29, 1.82) is 0 Å². The average Bonchev–Trinajstić information content (AvgIpc) is 3.00. The van der Waals surface area contributed by atoms with Crippen molar-refractivity contribution >= 4 is 28.8 Å². The molecule has 2 atom stereocenters. The van der Waals surface area contributed by atoms with Crippen LogP contribution in [-0.2, 0) is 4.79 Å². The van der Waals surface area contributed by atoms with Gasteiger partial charge >= 0.3 is 0 Å². The first-order valence-corrected chi connectivity index (χ1v) is 8.20. The van der Waals surface area contributed by atoms with Gasteiger partial charge in [0.05, 0.1) is 4.88 Å². The van der Waals surface area contributed by atoms with Gasteiger partial charge < -0.3 is 10.6 Å². The summed E-state index contributed by atoms with van der Waals surface area (Å²) in [6.45, 7) is 2.02. The molecule has 0 bridgehead atoms. The summed E-state index contributed by atoms with van der Waals surface area (Å²) < 4.78 is 0. The van der Waals surface area contributed by atoms with Crippen LogP contribution in [0.1, 0.15) is 40.9 Å². The van der Waals surface area contributed by atoms with Crippen LogP contribution in [0.5, 0.6) is 0 Å². The molecule has 3 rings (SSSR count). The van der Waals surface area contributed by atoms with E-state index in [0.29, 0.717) is 6.42 Å². The number of primary amides is 1. The van der Waals surface area contributed by atoms with Gasteiger partial charge in [0.1, 0.15) is 0 Å². The van der Waals surface area contributed by atoms with E-state index in [1.165, 1.54) is 11.3 Å². The van der Waals surface area contributed by atoms with Crippen LogP contribution in [0.25, 0.3) is 0 Å². The van der Waals surface area contributed by atoms with Crippen molar-refractivity contribution in [2.75, 3.05) is 4.90 Å². The van der Waals surface area contributed by atoms with Gasteiger partial charge in [0.25, 0.3) is 5.91 Å². The number of thiophene rings is 1. The van der Waals surface area contributed by atoms with Crippen LogP contribution in [0.4, 0.5) is 5.69 Å². The van der Waals surface area contributed by atoms with Gasteiger partial charge in [0.15, 0.2) is 0 Å². The maximum atomic E-state index is 12.8. The molecule has 2 amide bonds. The molecule has 22 heavy (non-hydrogen) atoms. The molecule has 1 aliphatic heterocycles. The fourth-order valence-corrected chi connectivity index (χ4v) is 3.86. The second-order valence-corrected chi connectivity index (χ2v) is 6.61. The first kappa shape index (κ1) is 14.8. The molecular formula is C17H18N2O2S. The number of carbonyl (C=O) groups excluding carboxylic acids is 2. The average molecular weight is 314 g/mol. The Morgan fingerprint density at radius 2 is 2.05 bits per heavy atom. The Hall–Kier alpha value is -2.14. The lowest BCUT2D eigenvalue weighted by molar-refractivity contribution is -0.118. The highest BCUT2D eigenvalue weighted by atomic mass is 32.1. The molecule has 0 radical (unpaired) electrons. The number of carbonyl (C=O) groups is 2. The van der Waals surface area contributed by atoms with Crippen molar-refractivity contribution in [2.24, 2.45) is 5.73 Å². The quantitative estimate of drug-likeness (QED) is 0.946. The van der Waals surface area contributed by atoms with E-state index in [0.717, 1.165) is 22.5 Å². The summed E-state index contributed by atoms with van der Waals surface area (Å²) in [5, 5.41) is 1.91. The van der Waals surface area contributed by atoms with Gasteiger partial charge in [-0.3, -0.25) is 9.59 Å². The second kappa shape index (κ2) is 5.93. The smallest absolute Gasteiger partial charge is 0.268 e. The van der Waals surface area contributed by atoms with Gasteiger partial charge in [-0.2, -0.15) is 0 Å². The fraction of sp³-hybridized carbons (Fsp3) is 0.294. The monoisotopic (exact) mass is 314 g/mol. The van der Waals surface area contributed by atoms with Crippen molar-refractivity contribution in [1.82, 2.24) is 0 Å². The van der Waals surface area contributed by atoms with Crippen LogP contribution in [0.15, 0.2) is 41.8 Å². The van der Waals surface area contributed by atoms with Crippen molar-refractivity contribution in [3.63, 3.8) is 0 Å². The second-order valence-electron chi connectivity index (χ2n) is 5.66. The minimum Gasteiger partial charge on any atom is -0.370 e. The minimum atomic E-state index is -0.301. The Bertz CT molecular complexity index is 696. The standard InChI is InChI=1S/C17H18N2O2S/c1-11-9-12(10-16(18)20)13-5-2-3-6-14(13)19(11)17(21)15-7-4-8-22-15/h2-8,11-12H,9-10H2,1H3,(H2,18,20). The van der Waals surface area contributed by atoms with Crippen molar-refractivity contribution < 1.29 is 9.59 Å². The van der Waals surface area contributed by atoms with Crippen LogP contribution >= 0.6 is 11.3 Å². The SMILES string of the molecule is CC1CC(CC(N)=O)c2ccccc2N1C(=O)c1cccs1. The minimum absolute atomic E-state index is 0.0208. The van der Waals surface area contributed by atoms with Crippen molar-refractivity contribution in [3.8, 4) is 0 Å². The van der Waals surface area contributed by atoms with E-state index in [9.17, 15) is 9.59 Å². The largest absolute Gasteiger partial charge is 0.370 e. The molecule has 5 heteroatoms. The maximum Gasteiger partial charge on any atom is 0.268 e. The number of hydrogen-bond acceptors (Lipinski definition) is 3. The highest BCUT2D eigenvalue weighted by Gasteiger charge is 2.34. The van der Waals surface area contributed by atoms with Gasteiger partial charge in [-0.15, -0.1) is 11.3 Å². The normalized spacial score (nSPS) is 20.5. The molecule has 2 heterocycles. The highest BCUT2D eigenvalue weighted by Crippen LogP contribution is 2.40. The molecule has 0 saturated heterocycles. The number of rotatable bonds is 3. The molecule has 2 aromatic rings. The van der Waals surface area contributed by atoms with E-state index in [2.05, 4.69) is 0 Å². The third-order valence-corrected chi connectivity index (χ3v) is 4.96. The van der Waals surface area contributed by atoms with E-state index in [4.69, 9.17) is 5.73 Å². The van der Waals surface area contributed by atoms with Crippen LogP contribution in [0.2, 0.25) is 0 Å². The van der Waals surface area contributed by atoms with E-state index < -0.39 is 0 Å². The van der Waals surface area contributed by atoms with Gasteiger partial charge in [-0.25, -0.2) is 0 Å². The van der Waals surface area contributed by atoms with Crippen LogP contribution in [-0.4, -0.2) is 17.9 Å². The zero-order valence-electron chi connectivity index (χ0n) is 12.4. The van der Waals surface area contributed by atoms with Crippen LogP contribution in [0, 0.1) is 0 Å². The molecule has 0 spiro atoms. The molecule has 1 aliphatic rings. The third kappa shape index (κ3) is 2.64. The van der Waals surface area contributed by atoms with E-state index in [-0.39, 0.29) is 23.8 Å². The Balaban J connectivity index is 2.01. The van der Waals surface area contributed by atoms with E-state index >= 15 is 0 Å². The molecule has 0 fully saturated rings. The Morgan fingerprint density at radius 3 is 2.73 bits per heavy atom. The lowest BCUT2D eigenvalue weighted by Crippen LogP contribution is -2.43. The lowest BCUT2D eigenvalue weighted by Gasteiger charge is -2.39. The zero-order valence-corrected chi connectivity index (χ0v) is 13.2. The van der Waals surface area contributed by atoms with Gasteiger partial charge in [-0.05, 0) is 42.3 Å². The number of anilines is 1. The zero-order chi connectivity index (χ0) is 15.7. The summed E-state index contributed by atoms with van der Waals surface area (Å²) in [5.74, 6) is -0.200. The number of hydrogen-bond donors (Lipinski definition) is 1. The topological polar surface area (TPSA) is 63.4 Å².